The molecule has 2 N–H and O–H groups in total. The van der Waals surface area contributed by atoms with Crippen molar-refractivity contribution in [3.05, 3.63) is 38.3 Å². The SMILES string of the molecule is COc1ccc(C(N)c2nc(C)c(C)s2)c(Cl)c1OC. The molecule has 0 bridgehead atoms. The third-order valence-corrected chi connectivity index (χ3v) is 4.71. The van der Waals surface area contributed by atoms with Crippen LogP contribution in [0.25, 0.3) is 0 Å². The van der Waals surface area contributed by atoms with Gasteiger partial charge in [0.25, 0.3) is 0 Å². The molecule has 108 valence electrons. The van der Waals surface area contributed by atoms with Gasteiger partial charge in [0, 0.05) is 4.88 Å². The summed E-state index contributed by atoms with van der Waals surface area (Å²) in [6, 6.07) is 3.27. The molecular formula is C14H17ClN2O2S. The summed E-state index contributed by atoms with van der Waals surface area (Å²) in [5.74, 6) is 1.08. The standard InChI is InChI=1S/C14H17ClN2O2S/c1-7-8(2)20-14(17-7)12(16)9-5-6-10(18-3)13(19-4)11(9)15/h5-6,12H,16H2,1-4H3. The van der Waals surface area contributed by atoms with Crippen molar-refractivity contribution in [3.8, 4) is 11.5 Å². The summed E-state index contributed by atoms with van der Waals surface area (Å²) in [5.41, 5.74) is 8.05. The van der Waals surface area contributed by atoms with Gasteiger partial charge in [-0.1, -0.05) is 17.7 Å². The molecule has 0 saturated heterocycles. The molecule has 1 unspecified atom stereocenters. The van der Waals surface area contributed by atoms with Crippen molar-refractivity contribution in [1.29, 1.82) is 0 Å². The first-order valence-corrected chi connectivity index (χ1v) is 7.29. The summed E-state index contributed by atoms with van der Waals surface area (Å²) in [4.78, 5) is 5.65. The quantitative estimate of drug-likeness (QED) is 0.939. The number of halogens is 1. The third-order valence-electron chi connectivity index (χ3n) is 3.16. The van der Waals surface area contributed by atoms with E-state index >= 15 is 0 Å². The number of ether oxygens (including phenoxy) is 2. The lowest BCUT2D eigenvalue weighted by atomic mass is 10.1. The minimum absolute atomic E-state index is 0.375. The van der Waals surface area contributed by atoms with Crippen LogP contribution in [-0.4, -0.2) is 19.2 Å². The molecule has 2 aromatic rings. The van der Waals surface area contributed by atoms with Crippen LogP contribution in [0.3, 0.4) is 0 Å². The number of aryl methyl sites for hydroxylation is 2. The molecule has 0 radical (unpaired) electrons. The number of aromatic nitrogens is 1. The van der Waals surface area contributed by atoms with E-state index in [1.807, 2.05) is 19.9 Å². The summed E-state index contributed by atoms with van der Waals surface area (Å²) < 4.78 is 10.5. The van der Waals surface area contributed by atoms with E-state index in [-0.39, 0.29) is 6.04 Å². The largest absolute Gasteiger partial charge is 0.493 e. The second-order valence-electron chi connectivity index (χ2n) is 4.38. The molecule has 4 nitrogen and oxygen atoms in total. The van der Waals surface area contributed by atoms with Gasteiger partial charge in [0.2, 0.25) is 0 Å². The van der Waals surface area contributed by atoms with E-state index in [1.165, 1.54) is 0 Å². The Hall–Kier alpha value is -1.30. The fourth-order valence-electron chi connectivity index (χ4n) is 1.91. The highest BCUT2D eigenvalue weighted by molar-refractivity contribution is 7.11. The van der Waals surface area contributed by atoms with Crippen molar-refractivity contribution in [2.24, 2.45) is 5.73 Å². The van der Waals surface area contributed by atoms with Gasteiger partial charge in [0.05, 0.1) is 31.0 Å². The van der Waals surface area contributed by atoms with Gasteiger partial charge in [-0.3, -0.25) is 0 Å². The maximum absolute atomic E-state index is 6.38. The first kappa shape index (κ1) is 15.1. The highest BCUT2D eigenvalue weighted by atomic mass is 35.5. The first-order chi connectivity index (χ1) is 9.49. The molecule has 1 aromatic carbocycles. The smallest absolute Gasteiger partial charge is 0.179 e. The Morgan fingerprint density at radius 2 is 1.95 bits per heavy atom. The summed E-state index contributed by atoms with van der Waals surface area (Å²) in [6.45, 7) is 4.00. The molecule has 0 aliphatic rings. The zero-order valence-corrected chi connectivity index (χ0v) is 13.4. The molecule has 2 rings (SSSR count). The lowest BCUT2D eigenvalue weighted by Gasteiger charge is -2.16. The molecule has 1 aromatic heterocycles. The molecule has 20 heavy (non-hydrogen) atoms. The van der Waals surface area contributed by atoms with Crippen LogP contribution in [0.4, 0.5) is 0 Å². The van der Waals surface area contributed by atoms with Crippen molar-refractivity contribution in [2.75, 3.05) is 14.2 Å². The van der Waals surface area contributed by atoms with E-state index in [9.17, 15) is 0 Å². The third kappa shape index (κ3) is 2.61. The molecule has 6 heteroatoms. The summed E-state index contributed by atoms with van der Waals surface area (Å²) in [7, 11) is 3.12. The predicted molar refractivity (Wildman–Crippen MR) is 82.2 cm³/mol. The highest BCUT2D eigenvalue weighted by Gasteiger charge is 2.21. The van der Waals surface area contributed by atoms with E-state index in [0.717, 1.165) is 21.1 Å². The summed E-state index contributed by atoms with van der Waals surface area (Å²) in [5, 5.41) is 1.30. The van der Waals surface area contributed by atoms with Crippen LogP contribution in [0.5, 0.6) is 11.5 Å². The van der Waals surface area contributed by atoms with Gasteiger partial charge in [-0.2, -0.15) is 0 Å². The molecule has 0 amide bonds. The maximum Gasteiger partial charge on any atom is 0.179 e. The van der Waals surface area contributed by atoms with Crippen LogP contribution in [0.1, 0.15) is 27.2 Å². The van der Waals surface area contributed by atoms with E-state index < -0.39 is 0 Å². The Bertz CT molecular complexity index is 608. The molecular weight excluding hydrogens is 296 g/mol. The number of methoxy groups -OCH3 is 2. The van der Waals surface area contributed by atoms with Gasteiger partial charge in [0.1, 0.15) is 5.01 Å². The fraction of sp³-hybridized carbons (Fsp3) is 0.357. The minimum Gasteiger partial charge on any atom is -0.493 e. The molecule has 0 spiro atoms. The van der Waals surface area contributed by atoms with Crippen LogP contribution < -0.4 is 15.2 Å². The average Bonchev–Trinajstić information content (AvgIpc) is 2.77. The second-order valence-corrected chi connectivity index (χ2v) is 5.99. The number of benzene rings is 1. The van der Waals surface area contributed by atoms with E-state index in [1.54, 1.807) is 31.6 Å². The summed E-state index contributed by atoms with van der Waals surface area (Å²) >= 11 is 7.96. The van der Waals surface area contributed by atoms with E-state index in [0.29, 0.717) is 16.5 Å². The zero-order valence-electron chi connectivity index (χ0n) is 11.9. The normalized spacial score (nSPS) is 12.3. The van der Waals surface area contributed by atoms with Crippen LogP contribution in [0.2, 0.25) is 5.02 Å². The van der Waals surface area contributed by atoms with Crippen LogP contribution in [0, 0.1) is 13.8 Å². The van der Waals surface area contributed by atoms with Crippen LogP contribution >= 0.6 is 22.9 Å². The zero-order chi connectivity index (χ0) is 14.9. The Balaban J connectivity index is 2.47. The molecule has 0 aliphatic heterocycles. The predicted octanol–water partition coefficient (Wildman–Crippen LogP) is 3.48. The van der Waals surface area contributed by atoms with Gasteiger partial charge >= 0.3 is 0 Å². The van der Waals surface area contributed by atoms with Crippen molar-refractivity contribution < 1.29 is 9.47 Å². The Kier molecular flexibility index (Phi) is 4.52. The highest BCUT2D eigenvalue weighted by Crippen LogP contribution is 2.41. The van der Waals surface area contributed by atoms with Gasteiger partial charge < -0.3 is 15.2 Å². The van der Waals surface area contributed by atoms with Gasteiger partial charge in [-0.25, -0.2) is 4.98 Å². The number of hydrogen-bond acceptors (Lipinski definition) is 5. The average molecular weight is 313 g/mol. The second kappa shape index (κ2) is 5.99. The molecule has 0 fully saturated rings. The number of nitrogens with two attached hydrogens (primary N) is 1. The Labute approximate surface area is 127 Å². The Morgan fingerprint density at radius 3 is 2.45 bits per heavy atom. The topological polar surface area (TPSA) is 57.4 Å². The van der Waals surface area contributed by atoms with E-state index in [2.05, 4.69) is 4.98 Å². The molecule has 1 heterocycles. The van der Waals surface area contributed by atoms with Crippen molar-refractivity contribution in [2.45, 2.75) is 19.9 Å². The van der Waals surface area contributed by atoms with Crippen molar-refractivity contribution in [1.82, 2.24) is 4.98 Å². The van der Waals surface area contributed by atoms with Crippen LogP contribution in [-0.2, 0) is 0 Å². The number of nitrogens with zero attached hydrogens (tertiary/aromatic N) is 1. The lowest BCUT2D eigenvalue weighted by molar-refractivity contribution is 0.354. The number of rotatable bonds is 4. The maximum atomic E-state index is 6.38. The number of thiazole rings is 1. The minimum atomic E-state index is -0.375. The van der Waals surface area contributed by atoms with Gasteiger partial charge in [-0.05, 0) is 25.5 Å². The number of hydrogen-bond donors (Lipinski definition) is 1. The molecule has 0 saturated carbocycles. The first-order valence-electron chi connectivity index (χ1n) is 6.09. The molecule has 1 atom stereocenters. The lowest BCUT2D eigenvalue weighted by Crippen LogP contribution is -2.12. The van der Waals surface area contributed by atoms with Gasteiger partial charge in [-0.15, -0.1) is 11.3 Å². The monoisotopic (exact) mass is 312 g/mol. The van der Waals surface area contributed by atoms with E-state index in [4.69, 9.17) is 26.8 Å². The Morgan fingerprint density at radius 1 is 1.25 bits per heavy atom. The molecule has 0 aliphatic carbocycles. The summed E-state index contributed by atoms with van der Waals surface area (Å²) in [6.07, 6.45) is 0. The van der Waals surface area contributed by atoms with Gasteiger partial charge in [0.15, 0.2) is 11.5 Å². The fourth-order valence-corrected chi connectivity index (χ4v) is 3.20. The van der Waals surface area contributed by atoms with Crippen LogP contribution in [0.15, 0.2) is 12.1 Å². The van der Waals surface area contributed by atoms with Crippen molar-refractivity contribution >= 4 is 22.9 Å². The van der Waals surface area contributed by atoms with Crippen molar-refractivity contribution in [3.63, 3.8) is 0 Å².